The van der Waals surface area contributed by atoms with Gasteiger partial charge in [0.05, 0.1) is 12.0 Å². The lowest BCUT2D eigenvalue weighted by atomic mass is 10.0. The lowest BCUT2D eigenvalue weighted by Gasteiger charge is -2.01. The minimum atomic E-state index is -1.03. The molecule has 13 heavy (non-hydrogen) atoms. The van der Waals surface area contributed by atoms with Gasteiger partial charge in [0.2, 0.25) is 0 Å². The number of carboxylic acid groups (broad SMARTS) is 1. The van der Waals surface area contributed by atoms with Crippen LogP contribution in [-0.4, -0.2) is 16.2 Å². The average molecular weight is 177 g/mol. The lowest BCUT2D eigenvalue weighted by molar-refractivity contribution is -0.136. The van der Waals surface area contributed by atoms with Gasteiger partial charge in [0.25, 0.3) is 0 Å². The first-order valence-electron chi connectivity index (χ1n) is 3.58. The first-order valence-corrected chi connectivity index (χ1v) is 3.58. The fraction of sp³-hybridized carbons (Fsp3) is 0.111. The molecule has 0 aliphatic carbocycles. The van der Waals surface area contributed by atoms with Crippen molar-refractivity contribution in [2.75, 3.05) is 0 Å². The zero-order valence-corrected chi connectivity index (χ0v) is 6.69. The van der Waals surface area contributed by atoms with E-state index in [1.807, 2.05) is 0 Å². The molecule has 0 saturated heterocycles. The second kappa shape index (κ2) is 3.59. The van der Waals surface area contributed by atoms with Crippen LogP contribution < -0.4 is 0 Å². The van der Waals surface area contributed by atoms with E-state index >= 15 is 0 Å². The Hall–Kier alpha value is -2.02. The summed E-state index contributed by atoms with van der Waals surface area (Å²) in [6, 6.07) is 6.12. The number of hydrogen-bond acceptors (Lipinski definition) is 3. The molecule has 1 rings (SSSR count). The van der Waals surface area contributed by atoms with Gasteiger partial charge in [0, 0.05) is 0 Å². The summed E-state index contributed by atoms with van der Waals surface area (Å²) in [6.07, 6.45) is -0.253. The third-order valence-corrected chi connectivity index (χ3v) is 1.58. The fourth-order valence-electron chi connectivity index (χ4n) is 1.03. The van der Waals surface area contributed by atoms with Gasteiger partial charge in [-0.3, -0.25) is 4.79 Å². The number of carbonyl (C=O) groups is 1. The quantitative estimate of drug-likeness (QED) is 0.702. The van der Waals surface area contributed by atoms with E-state index in [-0.39, 0.29) is 17.7 Å². The highest BCUT2D eigenvalue weighted by Gasteiger charge is 2.09. The number of rotatable bonds is 2. The summed E-state index contributed by atoms with van der Waals surface area (Å²) in [7, 11) is 0. The molecular weight excluding hydrogens is 170 g/mol. The smallest absolute Gasteiger partial charge is 0.307 e. The molecule has 1 aromatic carbocycles. The van der Waals surface area contributed by atoms with Crippen LogP contribution in [0, 0.1) is 11.3 Å². The summed E-state index contributed by atoms with van der Waals surface area (Å²) < 4.78 is 0. The number of phenols is 1. The summed E-state index contributed by atoms with van der Waals surface area (Å²) in [4.78, 5) is 10.4. The molecule has 4 heteroatoms. The van der Waals surface area contributed by atoms with Crippen LogP contribution in [0.2, 0.25) is 0 Å². The van der Waals surface area contributed by atoms with Gasteiger partial charge in [-0.2, -0.15) is 5.26 Å². The minimum Gasteiger partial charge on any atom is -0.507 e. The molecule has 0 saturated carbocycles. The molecule has 66 valence electrons. The Morgan fingerprint density at radius 1 is 1.54 bits per heavy atom. The van der Waals surface area contributed by atoms with Gasteiger partial charge in [0.15, 0.2) is 0 Å². The Balaban J connectivity index is 3.14. The molecule has 2 N–H and O–H groups in total. The third-order valence-electron chi connectivity index (χ3n) is 1.58. The number of aromatic hydroxyl groups is 1. The maximum Gasteiger partial charge on any atom is 0.307 e. The number of hydrogen-bond donors (Lipinski definition) is 2. The Morgan fingerprint density at radius 3 is 2.77 bits per heavy atom. The molecule has 0 unspecified atom stereocenters. The number of phenolic OH excluding ortho intramolecular Hbond substituents is 1. The second-order valence-corrected chi connectivity index (χ2v) is 2.49. The molecule has 0 aromatic heterocycles. The van der Waals surface area contributed by atoms with Gasteiger partial charge >= 0.3 is 5.97 Å². The van der Waals surface area contributed by atoms with E-state index in [4.69, 9.17) is 10.4 Å². The standard InChI is InChI=1S/C9H7NO3/c10-5-7-6(4-9(12)13)2-1-3-8(7)11/h1-3,11H,4H2,(H,12,13). The van der Waals surface area contributed by atoms with Crippen LogP contribution in [0.25, 0.3) is 0 Å². The normalized spacial score (nSPS) is 9.15. The minimum absolute atomic E-state index is 0.0323. The lowest BCUT2D eigenvalue weighted by Crippen LogP contribution is -2.02. The van der Waals surface area contributed by atoms with Crippen LogP contribution in [0.1, 0.15) is 11.1 Å². The van der Waals surface area contributed by atoms with Crippen molar-refractivity contribution >= 4 is 5.97 Å². The van der Waals surface area contributed by atoms with Crippen molar-refractivity contribution in [3.63, 3.8) is 0 Å². The number of aliphatic carboxylic acids is 1. The SMILES string of the molecule is N#Cc1c(O)cccc1CC(=O)O. The predicted molar refractivity (Wildman–Crippen MR) is 44.2 cm³/mol. The summed E-state index contributed by atoms with van der Waals surface area (Å²) in [5.74, 6) is -1.21. The van der Waals surface area contributed by atoms with Gasteiger partial charge in [-0.25, -0.2) is 0 Å². The summed E-state index contributed by atoms with van der Waals surface area (Å²) >= 11 is 0. The van der Waals surface area contributed by atoms with E-state index in [0.29, 0.717) is 5.56 Å². The van der Waals surface area contributed by atoms with Gasteiger partial charge in [-0.05, 0) is 11.6 Å². The van der Waals surface area contributed by atoms with E-state index in [1.54, 1.807) is 6.07 Å². The van der Waals surface area contributed by atoms with E-state index in [0.717, 1.165) is 0 Å². The zero-order chi connectivity index (χ0) is 9.84. The molecule has 4 nitrogen and oxygen atoms in total. The van der Waals surface area contributed by atoms with E-state index in [9.17, 15) is 9.90 Å². The van der Waals surface area contributed by atoms with Crippen LogP contribution in [0.5, 0.6) is 5.75 Å². The van der Waals surface area contributed by atoms with Crippen molar-refractivity contribution in [2.24, 2.45) is 0 Å². The van der Waals surface area contributed by atoms with Crippen LogP contribution in [-0.2, 0) is 11.2 Å². The number of carboxylic acids is 1. The molecule has 1 aromatic rings. The molecule has 0 bridgehead atoms. The van der Waals surface area contributed by atoms with E-state index < -0.39 is 5.97 Å². The van der Waals surface area contributed by atoms with Crippen LogP contribution in [0.15, 0.2) is 18.2 Å². The van der Waals surface area contributed by atoms with Crippen molar-refractivity contribution in [1.29, 1.82) is 5.26 Å². The highest BCUT2D eigenvalue weighted by molar-refractivity contribution is 5.72. The van der Waals surface area contributed by atoms with Crippen molar-refractivity contribution in [2.45, 2.75) is 6.42 Å². The van der Waals surface area contributed by atoms with Crippen LogP contribution in [0.3, 0.4) is 0 Å². The van der Waals surface area contributed by atoms with Gasteiger partial charge in [-0.1, -0.05) is 12.1 Å². The molecule has 0 spiro atoms. The summed E-state index contributed by atoms with van der Waals surface area (Å²) in [6.45, 7) is 0. The molecule has 0 aliphatic rings. The number of benzene rings is 1. The van der Waals surface area contributed by atoms with Gasteiger partial charge in [-0.15, -0.1) is 0 Å². The van der Waals surface area contributed by atoms with Gasteiger partial charge < -0.3 is 10.2 Å². The van der Waals surface area contributed by atoms with Gasteiger partial charge in [0.1, 0.15) is 11.8 Å². The Bertz CT molecular complexity index is 379. The molecular formula is C9H7NO3. The maximum atomic E-state index is 10.4. The second-order valence-electron chi connectivity index (χ2n) is 2.49. The summed E-state index contributed by atoms with van der Waals surface area (Å²) in [5.41, 5.74) is 0.361. The van der Waals surface area contributed by atoms with Crippen molar-refractivity contribution < 1.29 is 15.0 Å². The number of nitrogens with zero attached hydrogens (tertiary/aromatic N) is 1. The molecule has 0 heterocycles. The van der Waals surface area contributed by atoms with Crippen LogP contribution in [0.4, 0.5) is 0 Å². The van der Waals surface area contributed by atoms with Crippen LogP contribution >= 0.6 is 0 Å². The van der Waals surface area contributed by atoms with Crippen molar-refractivity contribution in [3.05, 3.63) is 29.3 Å². The Kier molecular flexibility index (Phi) is 2.50. The van der Waals surface area contributed by atoms with Crippen molar-refractivity contribution in [3.8, 4) is 11.8 Å². The highest BCUT2D eigenvalue weighted by atomic mass is 16.4. The zero-order valence-electron chi connectivity index (χ0n) is 6.69. The van der Waals surface area contributed by atoms with Crippen molar-refractivity contribution in [1.82, 2.24) is 0 Å². The summed E-state index contributed by atoms with van der Waals surface area (Å²) in [5, 5.41) is 26.3. The highest BCUT2D eigenvalue weighted by Crippen LogP contribution is 2.19. The first-order chi connectivity index (χ1) is 6.15. The van der Waals surface area contributed by atoms with E-state index in [2.05, 4.69) is 0 Å². The topological polar surface area (TPSA) is 81.3 Å². The first kappa shape index (κ1) is 9.07. The fourth-order valence-corrected chi connectivity index (χ4v) is 1.03. The average Bonchev–Trinajstić information content (AvgIpc) is 2.03. The monoisotopic (exact) mass is 177 g/mol. The van der Waals surface area contributed by atoms with E-state index in [1.165, 1.54) is 18.2 Å². The third kappa shape index (κ3) is 1.97. The molecule has 0 aliphatic heterocycles. The predicted octanol–water partition coefficient (Wildman–Crippen LogP) is 0.891. The number of nitriles is 1. The Morgan fingerprint density at radius 2 is 2.23 bits per heavy atom. The largest absolute Gasteiger partial charge is 0.507 e. The molecule has 0 amide bonds. The molecule has 0 radical (unpaired) electrons. The Labute approximate surface area is 74.7 Å². The molecule has 0 atom stereocenters. The maximum absolute atomic E-state index is 10.4. The molecule has 0 fully saturated rings.